The highest BCUT2D eigenvalue weighted by atomic mass is 19.1. The van der Waals surface area contributed by atoms with Crippen LogP contribution in [0, 0.1) is 18.6 Å². The summed E-state index contributed by atoms with van der Waals surface area (Å²) in [6, 6.07) is 5.73. The van der Waals surface area contributed by atoms with Crippen LogP contribution in [0.2, 0.25) is 0 Å². The molecule has 1 atom stereocenters. The molecule has 3 aromatic heterocycles. The maximum atomic E-state index is 15.2. The van der Waals surface area contributed by atoms with E-state index in [2.05, 4.69) is 20.3 Å². The average molecular weight is 520 g/mol. The molecule has 5 heterocycles. The Bertz CT molecular complexity index is 1590. The van der Waals surface area contributed by atoms with Crippen molar-refractivity contribution in [2.45, 2.75) is 26.5 Å². The minimum atomic E-state index is -0.867. The molecule has 0 saturated carbocycles. The zero-order valence-corrected chi connectivity index (χ0v) is 20.6. The minimum Gasteiger partial charge on any atom is -0.476 e. The van der Waals surface area contributed by atoms with Crippen molar-refractivity contribution in [3.63, 3.8) is 0 Å². The van der Waals surface area contributed by atoms with Crippen LogP contribution in [-0.2, 0) is 16.1 Å². The Balaban J connectivity index is 1.37. The normalized spacial score (nSPS) is 17.4. The smallest absolute Gasteiger partial charge is 0.268 e. The van der Waals surface area contributed by atoms with E-state index in [0.717, 1.165) is 0 Å². The van der Waals surface area contributed by atoms with Crippen LogP contribution in [-0.4, -0.2) is 56.9 Å². The first kappa shape index (κ1) is 23.8. The van der Waals surface area contributed by atoms with Crippen LogP contribution in [0.5, 0.6) is 5.75 Å². The van der Waals surface area contributed by atoms with Gasteiger partial charge in [0.1, 0.15) is 11.5 Å². The molecule has 1 fully saturated rings. The lowest BCUT2D eigenvalue weighted by Gasteiger charge is -2.33. The quantitative estimate of drug-likeness (QED) is 0.442. The van der Waals surface area contributed by atoms with Gasteiger partial charge < -0.3 is 19.4 Å². The molecule has 1 saturated heterocycles. The lowest BCUT2D eigenvalue weighted by molar-refractivity contribution is -0.125. The maximum Gasteiger partial charge on any atom is 0.268 e. The largest absolute Gasteiger partial charge is 0.476 e. The van der Waals surface area contributed by atoms with Gasteiger partial charge in [-0.2, -0.15) is 0 Å². The number of rotatable bonds is 4. The summed E-state index contributed by atoms with van der Waals surface area (Å²) in [4.78, 5) is 41.1. The number of para-hydroxylation sites is 1. The molecule has 12 heteroatoms. The van der Waals surface area contributed by atoms with Crippen molar-refractivity contribution in [3.8, 4) is 16.9 Å². The van der Waals surface area contributed by atoms with E-state index in [1.165, 1.54) is 35.5 Å². The number of nitrogens with one attached hydrogen (secondary N) is 1. The zero-order chi connectivity index (χ0) is 26.6. The number of anilines is 2. The van der Waals surface area contributed by atoms with Crippen LogP contribution in [0.3, 0.4) is 0 Å². The van der Waals surface area contributed by atoms with Crippen molar-refractivity contribution in [1.82, 2.24) is 24.7 Å². The number of nitrogens with zero attached hydrogens (tertiary/aromatic N) is 6. The molecular formula is C26H23F2N7O3. The fourth-order valence-electron chi connectivity index (χ4n) is 4.77. The predicted molar refractivity (Wildman–Crippen MR) is 134 cm³/mol. The highest BCUT2D eigenvalue weighted by Crippen LogP contribution is 2.37. The van der Waals surface area contributed by atoms with Crippen molar-refractivity contribution in [2.24, 2.45) is 0 Å². The van der Waals surface area contributed by atoms with Gasteiger partial charge in [-0.25, -0.2) is 23.7 Å². The van der Waals surface area contributed by atoms with Crippen LogP contribution in [0.1, 0.15) is 18.3 Å². The number of carbonyl (C=O) groups excluding carboxylic acids is 2. The van der Waals surface area contributed by atoms with Gasteiger partial charge in [0.2, 0.25) is 11.9 Å². The van der Waals surface area contributed by atoms with Crippen LogP contribution < -0.4 is 19.9 Å². The second kappa shape index (κ2) is 9.05. The molecule has 194 valence electrons. The molecule has 0 unspecified atom stereocenters. The molecule has 0 spiro atoms. The van der Waals surface area contributed by atoms with Gasteiger partial charge in [-0.1, -0.05) is 6.07 Å². The van der Waals surface area contributed by atoms with E-state index in [4.69, 9.17) is 4.74 Å². The summed E-state index contributed by atoms with van der Waals surface area (Å²) in [5, 5.41) is 2.75. The summed E-state index contributed by atoms with van der Waals surface area (Å²) in [6.45, 7) is 4.65. The Morgan fingerprint density at radius 1 is 1.16 bits per heavy atom. The number of hydrogen-bond acceptors (Lipinski definition) is 7. The number of aromatic nitrogens is 4. The second-order valence-corrected chi connectivity index (χ2v) is 9.22. The van der Waals surface area contributed by atoms with Crippen LogP contribution >= 0.6 is 0 Å². The Kier molecular flexibility index (Phi) is 5.66. The fourth-order valence-corrected chi connectivity index (χ4v) is 4.77. The van der Waals surface area contributed by atoms with Gasteiger partial charge in [0.05, 0.1) is 30.2 Å². The molecule has 0 bridgehead atoms. The number of piperazine rings is 1. The summed E-state index contributed by atoms with van der Waals surface area (Å²) < 4.78 is 36.8. The first-order chi connectivity index (χ1) is 18.3. The van der Waals surface area contributed by atoms with Crippen molar-refractivity contribution < 1.29 is 23.1 Å². The lowest BCUT2D eigenvalue weighted by atomic mass is 10.1. The first-order valence-electron chi connectivity index (χ1n) is 12.1. The van der Waals surface area contributed by atoms with Gasteiger partial charge in [0.15, 0.2) is 17.7 Å². The number of hydrogen-bond donors (Lipinski definition) is 1. The maximum absolute atomic E-state index is 15.2. The van der Waals surface area contributed by atoms with Crippen molar-refractivity contribution in [2.75, 3.05) is 29.4 Å². The van der Waals surface area contributed by atoms with E-state index >= 15 is 4.39 Å². The van der Waals surface area contributed by atoms with E-state index in [1.54, 1.807) is 35.4 Å². The molecule has 38 heavy (non-hydrogen) atoms. The minimum absolute atomic E-state index is 0.0150. The van der Waals surface area contributed by atoms with Crippen LogP contribution in [0.25, 0.3) is 16.8 Å². The SMILES string of the molecule is Cc1nc2cc(F)c(-c3cnc(N4CCNC(=O)C4)nc3)cn2c1CN1C(=O)[C@@H](C)Oc2c(F)cccc21. The van der Waals surface area contributed by atoms with Crippen molar-refractivity contribution in [1.29, 1.82) is 0 Å². The van der Waals surface area contributed by atoms with E-state index in [1.807, 2.05) is 0 Å². The van der Waals surface area contributed by atoms with E-state index in [9.17, 15) is 14.0 Å². The third-order valence-electron chi connectivity index (χ3n) is 6.73. The van der Waals surface area contributed by atoms with Gasteiger partial charge in [0, 0.05) is 48.9 Å². The summed E-state index contributed by atoms with van der Waals surface area (Å²) in [5.74, 6) is -1.10. The van der Waals surface area contributed by atoms with Gasteiger partial charge in [-0.3, -0.25) is 14.5 Å². The highest BCUT2D eigenvalue weighted by Gasteiger charge is 2.34. The number of benzene rings is 1. The standard InChI is InChI=1S/C26H23F2N7O3/c1-14-21(12-35-20-5-3-4-18(27)24(20)38-15(2)25(35)37)34-11-17(19(28)8-22(34)32-14)16-9-30-26(31-10-16)33-7-6-29-23(36)13-33/h3-5,8-11,15H,6-7,12-13H2,1-2H3,(H,29,36)/t15-/m1/s1. The van der Waals surface area contributed by atoms with Gasteiger partial charge in [-0.15, -0.1) is 0 Å². The molecule has 4 aromatic rings. The highest BCUT2D eigenvalue weighted by molar-refractivity contribution is 5.99. The second-order valence-electron chi connectivity index (χ2n) is 9.22. The Labute approximate surface area is 215 Å². The summed E-state index contributed by atoms with van der Waals surface area (Å²) in [5.41, 5.74) is 2.60. The molecule has 1 N–H and O–H groups in total. The predicted octanol–water partition coefficient (Wildman–Crippen LogP) is 2.63. The van der Waals surface area contributed by atoms with Gasteiger partial charge >= 0.3 is 0 Å². The number of carbonyl (C=O) groups is 2. The number of aryl methyl sites for hydroxylation is 1. The van der Waals surface area contributed by atoms with E-state index in [-0.39, 0.29) is 36.2 Å². The van der Waals surface area contributed by atoms with Crippen molar-refractivity contribution in [3.05, 3.63) is 65.9 Å². The average Bonchev–Trinajstić information content (AvgIpc) is 3.20. The van der Waals surface area contributed by atoms with Gasteiger partial charge in [0.25, 0.3) is 5.91 Å². The summed E-state index contributed by atoms with van der Waals surface area (Å²) in [6.07, 6.45) is 3.74. The molecule has 0 radical (unpaired) electrons. The Morgan fingerprint density at radius 2 is 1.95 bits per heavy atom. The van der Waals surface area contributed by atoms with Crippen LogP contribution in [0.15, 0.2) is 42.9 Å². The number of imidazole rings is 1. The molecule has 2 amide bonds. The number of halogens is 2. The van der Waals surface area contributed by atoms with Crippen molar-refractivity contribution >= 4 is 29.1 Å². The molecule has 0 aliphatic carbocycles. The monoisotopic (exact) mass is 519 g/mol. The molecule has 2 aliphatic rings. The number of pyridine rings is 1. The Hall–Kier alpha value is -4.61. The topological polar surface area (TPSA) is 105 Å². The van der Waals surface area contributed by atoms with Gasteiger partial charge in [-0.05, 0) is 26.0 Å². The molecule has 6 rings (SSSR count). The summed E-state index contributed by atoms with van der Waals surface area (Å²) >= 11 is 0. The number of ether oxygens (including phenoxy) is 1. The molecular weight excluding hydrogens is 496 g/mol. The number of amides is 2. The zero-order valence-electron chi connectivity index (χ0n) is 20.6. The molecule has 10 nitrogen and oxygen atoms in total. The Morgan fingerprint density at radius 3 is 2.71 bits per heavy atom. The van der Waals surface area contributed by atoms with Crippen LogP contribution in [0.4, 0.5) is 20.4 Å². The van der Waals surface area contributed by atoms with E-state index < -0.39 is 17.7 Å². The summed E-state index contributed by atoms with van der Waals surface area (Å²) in [7, 11) is 0. The lowest BCUT2D eigenvalue weighted by Crippen LogP contribution is -2.48. The number of fused-ring (bicyclic) bond motifs is 2. The third-order valence-corrected chi connectivity index (χ3v) is 6.73. The van der Waals surface area contributed by atoms with E-state index in [0.29, 0.717) is 47.3 Å². The fraction of sp³-hybridized carbons (Fsp3) is 0.269. The molecule has 2 aliphatic heterocycles. The molecule has 1 aromatic carbocycles. The first-order valence-corrected chi connectivity index (χ1v) is 12.1. The third kappa shape index (κ3) is 3.98.